The molecule has 0 aromatic carbocycles. The molecule has 1 fully saturated rings. The Kier molecular flexibility index (Phi) is 4.56. The Morgan fingerprint density at radius 3 is 2.89 bits per heavy atom. The third-order valence-corrected chi connectivity index (χ3v) is 4.51. The topological polar surface area (TPSA) is 110 Å². The van der Waals surface area contributed by atoms with Gasteiger partial charge in [-0.1, -0.05) is 0 Å². The van der Waals surface area contributed by atoms with Crippen LogP contribution in [0.25, 0.3) is 0 Å². The second kappa shape index (κ2) is 6.00. The normalized spacial score (nSPS) is 15.9. The lowest BCUT2D eigenvalue weighted by Gasteiger charge is -2.06. The number of nitrogens with one attached hydrogen (secondary N) is 2. The summed E-state index contributed by atoms with van der Waals surface area (Å²) in [5.74, 6) is 0.675. The van der Waals surface area contributed by atoms with E-state index < -0.39 is 10.0 Å². The molecule has 1 aliphatic carbocycles. The molecule has 0 saturated heterocycles. The van der Waals surface area contributed by atoms with Crippen molar-refractivity contribution in [3.05, 3.63) is 11.3 Å². The molecule has 108 valence electrons. The van der Waals surface area contributed by atoms with Crippen molar-refractivity contribution >= 4 is 10.0 Å². The molecule has 0 amide bonds. The van der Waals surface area contributed by atoms with E-state index in [-0.39, 0.29) is 18.1 Å². The van der Waals surface area contributed by atoms with Gasteiger partial charge in [0.15, 0.2) is 5.03 Å². The number of nitrogens with two attached hydrogens (primary N) is 1. The van der Waals surface area contributed by atoms with Gasteiger partial charge >= 0.3 is 0 Å². The van der Waals surface area contributed by atoms with Gasteiger partial charge in [-0.25, -0.2) is 13.1 Å². The summed E-state index contributed by atoms with van der Waals surface area (Å²) in [6, 6.07) is 0. The molecule has 0 atom stereocenters. The Balaban J connectivity index is 1.86. The number of ether oxygens (including phenoxy) is 1. The quantitative estimate of drug-likeness (QED) is 0.578. The minimum atomic E-state index is -3.62. The first-order valence-electron chi connectivity index (χ1n) is 6.36. The minimum absolute atomic E-state index is 0.0188. The van der Waals surface area contributed by atoms with E-state index in [1.807, 2.05) is 0 Å². The summed E-state index contributed by atoms with van der Waals surface area (Å²) in [6.07, 6.45) is 2.44. The van der Waals surface area contributed by atoms with Gasteiger partial charge in [0, 0.05) is 31.0 Å². The zero-order valence-electron chi connectivity index (χ0n) is 11.0. The van der Waals surface area contributed by atoms with E-state index in [4.69, 9.17) is 10.5 Å². The van der Waals surface area contributed by atoms with E-state index in [1.54, 1.807) is 6.92 Å². The maximum absolute atomic E-state index is 12.0. The summed E-state index contributed by atoms with van der Waals surface area (Å²) in [5.41, 5.74) is 6.73. The molecule has 0 spiro atoms. The Labute approximate surface area is 113 Å². The van der Waals surface area contributed by atoms with Crippen molar-refractivity contribution in [1.82, 2.24) is 14.9 Å². The Bertz CT molecular complexity index is 522. The lowest BCUT2D eigenvalue weighted by atomic mass is 10.3. The minimum Gasteiger partial charge on any atom is -0.380 e. The lowest BCUT2D eigenvalue weighted by Crippen LogP contribution is -2.29. The number of H-pyrrole nitrogens is 1. The van der Waals surface area contributed by atoms with E-state index in [2.05, 4.69) is 14.9 Å². The van der Waals surface area contributed by atoms with Crippen molar-refractivity contribution in [2.75, 3.05) is 19.8 Å². The van der Waals surface area contributed by atoms with E-state index in [0.717, 1.165) is 6.61 Å². The zero-order chi connectivity index (χ0) is 13.9. The molecule has 1 heterocycles. The highest BCUT2D eigenvalue weighted by Gasteiger charge is 2.23. The third-order valence-electron chi connectivity index (χ3n) is 3.08. The van der Waals surface area contributed by atoms with Crippen LogP contribution in [-0.4, -0.2) is 38.4 Å². The molecule has 1 aliphatic rings. The van der Waals surface area contributed by atoms with E-state index in [1.165, 1.54) is 12.8 Å². The molecule has 2 rings (SSSR count). The Morgan fingerprint density at radius 2 is 2.26 bits per heavy atom. The van der Waals surface area contributed by atoms with Crippen LogP contribution in [0.15, 0.2) is 5.03 Å². The third kappa shape index (κ3) is 3.75. The number of hydrogen-bond acceptors (Lipinski definition) is 5. The fourth-order valence-corrected chi connectivity index (χ4v) is 2.96. The van der Waals surface area contributed by atoms with Gasteiger partial charge in [-0.05, 0) is 25.7 Å². The number of aryl methyl sites for hydroxylation is 1. The fourth-order valence-electron chi connectivity index (χ4n) is 1.74. The molecular weight excluding hydrogens is 268 g/mol. The van der Waals surface area contributed by atoms with Crippen LogP contribution in [0.2, 0.25) is 0 Å². The van der Waals surface area contributed by atoms with E-state index in [9.17, 15) is 8.42 Å². The summed E-state index contributed by atoms with van der Waals surface area (Å²) < 4.78 is 31.9. The lowest BCUT2D eigenvalue weighted by molar-refractivity contribution is 0.129. The predicted molar refractivity (Wildman–Crippen MR) is 69.9 cm³/mol. The van der Waals surface area contributed by atoms with Crippen molar-refractivity contribution in [2.45, 2.75) is 31.3 Å². The molecule has 1 saturated carbocycles. The first-order chi connectivity index (χ1) is 9.04. The average Bonchev–Trinajstić information content (AvgIpc) is 3.10. The molecule has 1 aromatic rings. The van der Waals surface area contributed by atoms with Crippen LogP contribution in [0.5, 0.6) is 0 Å². The molecule has 19 heavy (non-hydrogen) atoms. The molecule has 0 bridgehead atoms. The summed E-state index contributed by atoms with van der Waals surface area (Å²) in [6.45, 7) is 3.21. The van der Waals surface area contributed by atoms with Gasteiger partial charge in [-0.3, -0.25) is 5.10 Å². The van der Waals surface area contributed by atoms with Crippen molar-refractivity contribution in [3.63, 3.8) is 0 Å². The smallest absolute Gasteiger partial charge is 0.260 e. The maximum atomic E-state index is 12.0. The first kappa shape index (κ1) is 14.4. The van der Waals surface area contributed by atoms with Crippen LogP contribution in [0.1, 0.15) is 24.1 Å². The molecule has 0 radical (unpaired) electrons. The molecule has 8 heteroatoms. The van der Waals surface area contributed by atoms with Crippen LogP contribution >= 0.6 is 0 Å². The largest absolute Gasteiger partial charge is 0.380 e. The van der Waals surface area contributed by atoms with Crippen LogP contribution in [0.3, 0.4) is 0 Å². The van der Waals surface area contributed by atoms with E-state index >= 15 is 0 Å². The molecular formula is C11H20N4O3S. The first-order valence-corrected chi connectivity index (χ1v) is 7.84. The molecule has 4 N–H and O–H groups in total. The number of aromatic nitrogens is 2. The van der Waals surface area contributed by atoms with Crippen molar-refractivity contribution < 1.29 is 13.2 Å². The number of aromatic amines is 1. The van der Waals surface area contributed by atoms with Gasteiger partial charge in [0.05, 0.1) is 6.61 Å². The van der Waals surface area contributed by atoms with Crippen LogP contribution in [-0.2, 0) is 21.3 Å². The van der Waals surface area contributed by atoms with Crippen LogP contribution in [0, 0.1) is 12.8 Å². The second-order valence-corrected chi connectivity index (χ2v) is 6.43. The van der Waals surface area contributed by atoms with Crippen molar-refractivity contribution in [3.8, 4) is 0 Å². The van der Waals surface area contributed by atoms with Gasteiger partial charge in [-0.2, -0.15) is 5.10 Å². The van der Waals surface area contributed by atoms with Crippen molar-refractivity contribution in [1.29, 1.82) is 0 Å². The summed E-state index contributed by atoms with van der Waals surface area (Å²) in [5, 5.41) is 6.42. The Hall–Kier alpha value is -0.960. The standard InChI is InChI=1S/C11H20N4O3S/c1-8-10(6-12)11(15-14-8)19(16,17)13-4-5-18-7-9-2-3-9/h9,13H,2-7,12H2,1H3,(H,14,15). The highest BCUT2D eigenvalue weighted by molar-refractivity contribution is 7.89. The van der Waals surface area contributed by atoms with Crippen LogP contribution in [0.4, 0.5) is 0 Å². The highest BCUT2D eigenvalue weighted by atomic mass is 32.2. The van der Waals surface area contributed by atoms with Gasteiger partial charge in [-0.15, -0.1) is 0 Å². The molecule has 1 aromatic heterocycles. The fraction of sp³-hybridized carbons (Fsp3) is 0.727. The summed E-state index contributed by atoms with van der Waals surface area (Å²) in [7, 11) is -3.62. The SMILES string of the molecule is Cc1[nH]nc(S(=O)(=O)NCCOCC2CC2)c1CN. The number of rotatable bonds is 8. The monoisotopic (exact) mass is 288 g/mol. The number of nitrogens with zero attached hydrogens (tertiary/aromatic N) is 1. The maximum Gasteiger partial charge on any atom is 0.260 e. The van der Waals surface area contributed by atoms with Gasteiger partial charge in [0.25, 0.3) is 10.0 Å². The van der Waals surface area contributed by atoms with Gasteiger partial charge in [0.1, 0.15) is 0 Å². The molecule has 0 aliphatic heterocycles. The number of sulfonamides is 1. The van der Waals surface area contributed by atoms with E-state index in [0.29, 0.717) is 23.8 Å². The van der Waals surface area contributed by atoms with Crippen molar-refractivity contribution in [2.24, 2.45) is 11.7 Å². The van der Waals surface area contributed by atoms with Crippen LogP contribution < -0.4 is 10.5 Å². The summed E-state index contributed by atoms with van der Waals surface area (Å²) >= 11 is 0. The predicted octanol–water partition coefficient (Wildman–Crippen LogP) is -0.118. The van der Waals surface area contributed by atoms with Gasteiger partial charge in [0.2, 0.25) is 0 Å². The molecule has 7 nitrogen and oxygen atoms in total. The average molecular weight is 288 g/mol. The van der Waals surface area contributed by atoms with Gasteiger partial charge < -0.3 is 10.5 Å². The number of hydrogen-bond donors (Lipinski definition) is 3. The molecule has 0 unspecified atom stereocenters. The summed E-state index contributed by atoms with van der Waals surface area (Å²) in [4.78, 5) is 0. The second-order valence-electron chi connectivity index (χ2n) is 4.75. The highest BCUT2D eigenvalue weighted by Crippen LogP contribution is 2.28. The zero-order valence-corrected chi connectivity index (χ0v) is 11.8. The Morgan fingerprint density at radius 1 is 1.53 bits per heavy atom.